The molecule has 0 aliphatic rings. The van der Waals surface area contributed by atoms with Crippen LogP contribution in [0.5, 0.6) is 0 Å². The molecule has 0 aliphatic heterocycles. The van der Waals surface area contributed by atoms with E-state index in [1.165, 1.54) is 5.56 Å². The largest absolute Gasteiger partial charge is 0.352 e. The van der Waals surface area contributed by atoms with Crippen molar-refractivity contribution >= 4 is 5.82 Å². The summed E-state index contributed by atoms with van der Waals surface area (Å²) in [5.74, 6) is 1.05. The molecule has 0 aromatic carbocycles. The molecule has 0 spiro atoms. The Morgan fingerprint density at radius 1 is 1.38 bits per heavy atom. The second-order valence-electron chi connectivity index (χ2n) is 4.14. The van der Waals surface area contributed by atoms with E-state index < -0.39 is 0 Å². The first-order valence-electron chi connectivity index (χ1n) is 6.12. The molecule has 0 amide bonds. The quantitative estimate of drug-likeness (QED) is 0.801. The molecule has 2 N–H and O–H groups in total. The lowest BCUT2D eigenvalue weighted by atomic mass is 10.1. The molecule has 1 rings (SSSR count). The maximum Gasteiger partial charge on any atom is 0.129 e. The van der Waals surface area contributed by atoms with Crippen molar-refractivity contribution < 1.29 is 0 Å². The van der Waals surface area contributed by atoms with Crippen LogP contribution in [-0.2, 0) is 0 Å². The summed E-state index contributed by atoms with van der Waals surface area (Å²) in [6.07, 6.45) is 4.13. The Hall–Kier alpha value is -1.09. The fourth-order valence-electron chi connectivity index (χ4n) is 2.03. The van der Waals surface area contributed by atoms with Crippen molar-refractivity contribution in [3.8, 4) is 0 Å². The van der Waals surface area contributed by atoms with Crippen molar-refractivity contribution in [1.82, 2.24) is 4.98 Å². The maximum atomic E-state index is 5.68. The minimum Gasteiger partial charge on any atom is -0.352 e. The zero-order valence-corrected chi connectivity index (χ0v) is 10.6. The number of nitrogens with zero attached hydrogens (tertiary/aromatic N) is 2. The predicted molar refractivity (Wildman–Crippen MR) is 69.7 cm³/mol. The number of anilines is 1. The van der Waals surface area contributed by atoms with Crippen LogP contribution >= 0.6 is 0 Å². The van der Waals surface area contributed by atoms with E-state index in [0.717, 1.165) is 25.2 Å². The van der Waals surface area contributed by atoms with E-state index in [1.807, 2.05) is 12.3 Å². The second kappa shape index (κ2) is 6.48. The highest BCUT2D eigenvalue weighted by atomic mass is 15.2. The molecule has 3 heteroatoms. The molecule has 0 saturated carbocycles. The van der Waals surface area contributed by atoms with Gasteiger partial charge >= 0.3 is 0 Å². The molecule has 1 aromatic rings. The smallest absolute Gasteiger partial charge is 0.129 e. The third-order valence-corrected chi connectivity index (χ3v) is 2.95. The van der Waals surface area contributed by atoms with Crippen LogP contribution in [0.25, 0.3) is 0 Å². The molecule has 16 heavy (non-hydrogen) atoms. The van der Waals surface area contributed by atoms with Crippen molar-refractivity contribution in [2.75, 3.05) is 18.0 Å². The Kier molecular flexibility index (Phi) is 5.26. The number of hydrogen-bond donors (Lipinski definition) is 1. The average molecular weight is 221 g/mol. The first kappa shape index (κ1) is 13.0. The van der Waals surface area contributed by atoms with Gasteiger partial charge in [-0.1, -0.05) is 13.8 Å². The van der Waals surface area contributed by atoms with E-state index in [0.29, 0.717) is 12.6 Å². The Bertz CT molecular complexity index is 308. The molecule has 3 nitrogen and oxygen atoms in total. The van der Waals surface area contributed by atoms with Crippen LogP contribution in [-0.4, -0.2) is 24.1 Å². The molecule has 1 heterocycles. The average Bonchev–Trinajstić information content (AvgIpc) is 2.29. The normalized spacial score (nSPS) is 10.8. The van der Waals surface area contributed by atoms with Gasteiger partial charge in [-0.2, -0.15) is 0 Å². The van der Waals surface area contributed by atoms with Crippen LogP contribution in [0.2, 0.25) is 0 Å². The monoisotopic (exact) mass is 221 g/mol. The lowest BCUT2D eigenvalue weighted by Crippen LogP contribution is -2.38. The van der Waals surface area contributed by atoms with Crippen LogP contribution in [0, 0.1) is 6.92 Å². The number of aryl methyl sites for hydroxylation is 1. The van der Waals surface area contributed by atoms with E-state index in [4.69, 9.17) is 5.73 Å². The summed E-state index contributed by atoms with van der Waals surface area (Å²) in [5, 5.41) is 0. The summed E-state index contributed by atoms with van der Waals surface area (Å²) in [7, 11) is 0. The van der Waals surface area contributed by atoms with E-state index in [9.17, 15) is 0 Å². The van der Waals surface area contributed by atoms with Crippen LogP contribution in [0.4, 0.5) is 5.82 Å². The number of rotatable bonds is 6. The van der Waals surface area contributed by atoms with Gasteiger partial charge in [-0.25, -0.2) is 4.98 Å². The van der Waals surface area contributed by atoms with Gasteiger partial charge in [0, 0.05) is 25.3 Å². The summed E-state index contributed by atoms with van der Waals surface area (Å²) in [5.41, 5.74) is 6.93. The molecule has 0 radical (unpaired) electrons. The van der Waals surface area contributed by atoms with Crippen molar-refractivity contribution in [3.05, 3.63) is 23.9 Å². The topological polar surface area (TPSA) is 42.1 Å². The van der Waals surface area contributed by atoms with Crippen molar-refractivity contribution in [3.63, 3.8) is 0 Å². The minimum atomic E-state index is 0.540. The number of hydrogen-bond acceptors (Lipinski definition) is 3. The zero-order chi connectivity index (χ0) is 12.0. The molecule has 0 atom stereocenters. The van der Waals surface area contributed by atoms with Gasteiger partial charge in [0.15, 0.2) is 0 Å². The summed E-state index contributed by atoms with van der Waals surface area (Å²) in [4.78, 5) is 6.77. The Morgan fingerprint density at radius 3 is 2.56 bits per heavy atom. The summed E-state index contributed by atoms with van der Waals surface area (Å²) >= 11 is 0. The standard InChI is InChI=1S/C13H23N3/c1-4-12(5-2)16(9-7-14)13-10-11(3)6-8-15-13/h6,8,10,12H,4-5,7,9,14H2,1-3H3. The molecule has 0 fully saturated rings. The fraction of sp³-hybridized carbons (Fsp3) is 0.615. The third kappa shape index (κ3) is 3.20. The van der Waals surface area contributed by atoms with Gasteiger partial charge in [-0.3, -0.25) is 0 Å². The maximum absolute atomic E-state index is 5.68. The fourth-order valence-corrected chi connectivity index (χ4v) is 2.03. The molecular weight excluding hydrogens is 198 g/mol. The van der Waals surface area contributed by atoms with Gasteiger partial charge in [-0.05, 0) is 37.5 Å². The Morgan fingerprint density at radius 2 is 2.06 bits per heavy atom. The summed E-state index contributed by atoms with van der Waals surface area (Å²) in [6.45, 7) is 8.08. The molecule has 0 aliphatic carbocycles. The molecule has 1 aromatic heterocycles. The van der Waals surface area contributed by atoms with E-state index >= 15 is 0 Å². The molecule has 90 valence electrons. The lowest BCUT2D eigenvalue weighted by Gasteiger charge is -2.31. The summed E-state index contributed by atoms with van der Waals surface area (Å²) in [6, 6.07) is 4.70. The summed E-state index contributed by atoms with van der Waals surface area (Å²) < 4.78 is 0. The van der Waals surface area contributed by atoms with Gasteiger partial charge < -0.3 is 10.6 Å². The minimum absolute atomic E-state index is 0.540. The van der Waals surface area contributed by atoms with E-state index in [-0.39, 0.29) is 0 Å². The van der Waals surface area contributed by atoms with Gasteiger partial charge in [0.25, 0.3) is 0 Å². The zero-order valence-electron chi connectivity index (χ0n) is 10.6. The molecule has 0 bridgehead atoms. The lowest BCUT2D eigenvalue weighted by molar-refractivity contribution is 0.554. The van der Waals surface area contributed by atoms with Gasteiger partial charge in [-0.15, -0.1) is 0 Å². The third-order valence-electron chi connectivity index (χ3n) is 2.95. The van der Waals surface area contributed by atoms with Crippen LogP contribution in [0.3, 0.4) is 0 Å². The first-order valence-corrected chi connectivity index (χ1v) is 6.12. The second-order valence-corrected chi connectivity index (χ2v) is 4.14. The Balaban J connectivity index is 2.91. The highest BCUT2D eigenvalue weighted by Crippen LogP contribution is 2.18. The van der Waals surface area contributed by atoms with E-state index in [1.54, 1.807) is 0 Å². The van der Waals surface area contributed by atoms with Crippen molar-refractivity contribution in [2.45, 2.75) is 39.7 Å². The highest BCUT2D eigenvalue weighted by molar-refractivity contribution is 5.41. The predicted octanol–water partition coefficient (Wildman–Crippen LogP) is 2.34. The van der Waals surface area contributed by atoms with Gasteiger partial charge in [0.05, 0.1) is 0 Å². The van der Waals surface area contributed by atoms with Crippen molar-refractivity contribution in [1.29, 1.82) is 0 Å². The molecule has 0 unspecified atom stereocenters. The number of pyridine rings is 1. The highest BCUT2D eigenvalue weighted by Gasteiger charge is 2.15. The van der Waals surface area contributed by atoms with Crippen molar-refractivity contribution in [2.24, 2.45) is 5.73 Å². The van der Waals surface area contributed by atoms with Crippen LogP contribution < -0.4 is 10.6 Å². The van der Waals surface area contributed by atoms with Gasteiger partial charge in [0.1, 0.15) is 5.82 Å². The molecule has 0 saturated heterocycles. The SMILES string of the molecule is CCC(CC)N(CCN)c1cc(C)ccn1. The number of aromatic nitrogens is 1. The first-order chi connectivity index (χ1) is 7.72. The van der Waals surface area contributed by atoms with Crippen LogP contribution in [0.1, 0.15) is 32.3 Å². The van der Waals surface area contributed by atoms with Crippen LogP contribution in [0.15, 0.2) is 18.3 Å². The number of nitrogens with two attached hydrogens (primary N) is 1. The molecular formula is C13H23N3. The van der Waals surface area contributed by atoms with Gasteiger partial charge in [0.2, 0.25) is 0 Å². The van der Waals surface area contributed by atoms with E-state index in [2.05, 4.69) is 36.7 Å². The Labute approximate surface area is 98.7 Å².